The topological polar surface area (TPSA) is 117 Å². The fourth-order valence-corrected chi connectivity index (χ4v) is 5.13. The molecule has 178 valence electrons. The van der Waals surface area contributed by atoms with E-state index in [1.807, 2.05) is 30.3 Å². The van der Waals surface area contributed by atoms with Crippen molar-refractivity contribution in [3.63, 3.8) is 0 Å². The number of hydrogen-bond acceptors (Lipinski definition) is 8. The Morgan fingerprint density at radius 2 is 1.82 bits per heavy atom. The summed E-state index contributed by atoms with van der Waals surface area (Å²) < 4.78 is 10.5. The van der Waals surface area contributed by atoms with Gasteiger partial charge in [-0.3, -0.25) is 14.5 Å². The number of amides is 2. The van der Waals surface area contributed by atoms with Gasteiger partial charge in [0.15, 0.2) is 0 Å². The van der Waals surface area contributed by atoms with Crippen LogP contribution in [0.4, 0.5) is 0 Å². The molecule has 34 heavy (non-hydrogen) atoms. The molecule has 2 aromatic carbocycles. The van der Waals surface area contributed by atoms with Crippen LogP contribution in [0.5, 0.6) is 5.75 Å². The molecule has 1 fully saturated rings. The summed E-state index contributed by atoms with van der Waals surface area (Å²) in [6.45, 7) is -0.365. The summed E-state index contributed by atoms with van der Waals surface area (Å²) in [4.78, 5) is 43.6. The number of hydrogen-bond donors (Lipinski definition) is 1. The fraction of sp³-hybridized carbons (Fsp3) is 0.292. The Bertz CT molecular complexity index is 1090. The molecule has 2 amide bonds. The third-order valence-corrected chi connectivity index (χ3v) is 6.87. The molecule has 2 aliphatic heterocycles. The number of nitrogens with one attached hydrogen (secondary N) is 1. The predicted molar refractivity (Wildman–Crippen MR) is 121 cm³/mol. The average molecular weight is 484 g/mol. The van der Waals surface area contributed by atoms with E-state index < -0.39 is 23.3 Å². The summed E-state index contributed by atoms with van der Waals surface area (Å²) in [6, 6.07) is 15.4. The number of carbonyl (C=O) groups excluding carboxylic acids is 3. The number of rotatable bonds is 9. The molecule has 0 aliphatic carbocycles. The molecule has 2 aliphatic rings. The smallest absolute Gasteiger partial charge is 0.355 e. The van der Waals surface area contributed by atoms with Gasteiger partial charge >= 0.3 is 5.97 Å². The molecular formula is C24H23N2O7S-. The summed E-state index contributed by atoms with van der Waals surface area (Å²) in [5.41, 5.74) is 1.95. The third kappa shape index (κ3) is 5.09. The molecule has 2 atom stereocenters. The van der Waals surface area contributed by atoms with Crippen molar-refractivity contribution in [2.45, 2.75) is 24.4 Å². The third-order valence-electron chi connectivity index (χ3n) is 5.53. The van der Waals surface area contributed by atoms with Crippen LogP contribution in [-0.4, -0.2) is 53.6 Å². The maximum Gasteiger partial charge on any atom is 0.355 e. The zero-order valence-corrected chi connectivity index (χ0v) is 19.2. The Hall–Kier alpha value is -3.34. The number of thioether (sulfide) groups is 1. The number of benzene rings is 2. The molecule has 4 rings (SSSR count). The molecule has 0 radical (unpaired) electrons. The van der Waals surface area contributed by atoms with E-state index >= 15 is 0 Å². The second kappa shape index (κ2) is 10.7. The zero-order valence-electron chi connectivity index (χ0n) is 18.4. The lowest BCUT2D eigenvalue weighted by atomic mass is 10.0. The van der Waals surface area contributed by atoms with E-state index in [2.05, 4.69) is 10.2 Å². The lowest BCUT2D eigenvalue weighted by Crippen LogP contribution is -2.70. The first-order valence-corrected chi connectivity index (χ1v) is 11.6. The van der Waals surface area contributed by atoms with Gasteiger partial charge in [0, 0.05) is 5.75 Å². The van der Waals surface area contributed by atoms with Crippen molar-refractivity contribution >= 4 is 29.5 Å². The lowest BCUT2D eigenvalue weighted by molar-refractivity contribution is -0.686. The Labute approximate surface area is 200 Å². The minimum Gasteiger partial charge on any atom is -0.723 e. The SMILES string of the molecule is COc1ccc(COC(=O)C2=C(CO[O-])CSC3C(NC(=O)Cc4ccccc4)C(=O)N23)cc1. The van der Waals surface area contributed by atoms with Crippen molar-refractivity contribution in [3.05, 3.63) is 77.0 Å². The molecule has 0 aromatic heterocycles. The van der Waals surface area contributed by atoms with E-state index in [9.17, 15) is 19.6 Å². The minimum atomic E-state index is -0.764. The van der Waals surface area contributed by atoms with E-state index in [1.54, 1.807) is 31.4 Å². The molecule has 1 N–H and O–H groups in total. The summed E-state index contributed by atoms with van der Waals surface area (Å²) in [5.74, 6) is -0.472. The van der Waals surface area contributed by atoms with Crippen LogP contribution in [0.15, 0.2) is 65.9 Å². The number of carbonyl (C=O) groups is 3. The number of ether oxygens (including phenoxy) is 2. The van der Waals surface area contributed by atoms with E-state index in [0.717, 1.165) is 11.1 Å². The Morgan fingerprint density at radius 1 is 1.09 bits per heavy atom. The van der Waals surface area contributed by atoms with Crippen LogP contribution < -0.4 is 15.3 Å². The maximum absolute atomic E-state index is 12.9. The number of β-lactam (4-membered cyclic amide) rings is 1. The van der Waals surface area contributed by atoms with E-state index in [4.69, 9.17) is 9.47 Å². The first-order chi connectivity index (χ1) is 16.5. The van der Waals surface area contributed by atoms with Crippen molar-refractivity contribution < 1.29 is 34.0 Å². The Morgan fingerprint density at radius 3 is 2.50 bits per heavy atom. The van der Waals surface area contributed by atoms with Gasteiger partial charge in [-0.25, -0.2) is 4.79 Å². The van der Waals surface area contributed by atoms with Gasteiger partial charge in [0.2, 0.25) is 5.91 Å². The first-order valence-electron chi connectivity index (χ1n) is 10.6. The predicted octanol–water partition coefficient (Wildman–Crippen LogP) is 0.927. The van der Waals surface area contributed by atoms with E-state index in [-0.39, 0.29) is 31.2 Å². The largest absolute Gasteiger partial charge is 0.723 e. The number of nitrogens with zero attached hydrogens (tertiary/aromatic N) is 1. The van der Waals surface area contributed by atoms with Gasteiger partial charge in [-0.05, 0) is 28.8 Å². The monoisotopic (exact) mass is 483 g/mol. The molecule has 1 saturated heterocycles. The van der Waals surface area contributed by atoms with Gasteiger partial charge in [0.05, 0.1) is 20.1 Å². The molecule has 2 unspecified atom stereocenters. The summed E-state index contributed by atoms with van der Waals surface area (Å²) >= 11 is 1.35. The molecule has 0 spiro atoms. The highest BCUT2D eigenvalue weighted by Crippen LogP contribution is 2.40. The van der Waals surface area contributed by atoms with Crippen molar-refractivity contribution in [2.75, 3.05) is 19.5 Å². The average Bonchev–Trinajstić information content (AvgIpc) is 2.86. The quantitative estimate of drug-likeness (QED) is 0.242. The van der Waals surface area contributed by atoms with Gasteiger partial charge in [0.1, 0.15) is 29.5 Å². The number of fused-ring (bicyclic) bond motifs is 1. The first kappa shape index (κ1) is 23.8. The van der Waals surface area contributed by atoms with Crippen LogP contribution in [0.25, 0.3) is 0 Å². The highest BCUT2D eigenvalue weighted by molar-refractivity contribution is 8.00. The second-order valence-electron chi connectivity index (χ2n) is 7.76. The normalized spacial score (nSPS) is 19.2. The van der Waals surface area contributed by atoms with Crippen LogP contribution in [0.3, 0.4) is 0 Å². The molecular weight excluding hydrogens is 460 g/mol. The number of esters is 1. The molecule has 2 aromatic rings. The highest BCUT2D eigenvalue weighted by atomic mass is 32.2. The van der Waals surface area contributed by atoms with Gasteiger partial charge in [-0.15, -0.1) is 11.8 Å². The summed E-state index contributed by atoms with van der Waals surface area (Å²) in [5, 5.41) is 13.1. The van der Waals surface area contributed by atoms with Gasteiger partial charge in [-0.2, -0.15) is 0 Å². The molecule has 0 bridgehead atoms. The van der Waals surface area contributed by atoms with Crippen molar-refractivity contribution in [1.82, 2.24) is 10.2 Å². The fourth-order valence-electron chi connectivity index (χ4n) is 3.80. The Kier molecular flexibility index (Phi) is 7.51. The summed E-state index contributed by atoms with van der Waals surface area (Å²) in [6.07, 6.45) is 0.143. The summed E-state index contributed by atoms with van der Waals surface area (Å²) in [7, 11) is 1.56. The molecule has 0 saturated carbocycles. The van der Waals surface area contributed by atoms with Crippen molar-refractivity contribution in [2.24, 2.45) is 0 Å². The minimum absolute atomic E-state index is 0.00618. The van der Waals surface area contributed by atoms with Crippen LogP contribution in [0.1, 0.15) is 11.1 Å². The Balaban J connectivity index is 1.43. The van der Waals surface area contributed by atoms with Crippen molar-refractivity contribution in [3.8, 4) is 5.75 Å². The molecule has 2 heterocycles. The van der Waals surface area contributed by atoms with Gasteiger partial charge in [-0.1, -0.05) is 42.5 Å². The zero-order chi connectivity index (χ0) is 24.1. The molecule has 9 nitrogen and oxygen atoms in total. The van der Waals surface area contributed by atoms with Crippen LogP contribution in [-0.2, 0) is 37.0 Å². The highest BCUT2D eigenvalue weighted by Gasteiger charge is 2.54. The van der Waals surface area contributed by atoms with Crippen molar-refractivity contribution in [1.29, 1.82) is 0 Å². The van der Waals surface area contributed by atoms with E-state index in [1.165, 1.54) is 16.7 Å². The van der Waals surface area contributed by atoms with Crippen LogP contribution in [0, 0.1) is 0 Å². The van der Waals surface area contributed by atoms with Gasteiger partial charge in [0.25, 0.3) is 5.91 Å². The molecule has 10 heteroatoms. The number of methoxy groups -OCH3 is 1. The second-order valence-corrected chi connectivity index (χ2v) is 8.86. The lowest BCUT2D eigenvalue weighted by Gasteiger charge is -2.49. The van der Waals surface area contributed by atoms with Gasteiger partial charge < -0.3 is 24.9 Å². The standard InChI is InChI=1S/C24H24N2O7S/c1-31-18-9-7-16(8-10-18)12-32-24(29)21-17(13-33-30)14-34-23-20(22(28)26(21)23)25-19(27)11-15-5-3-2-4-6-15/h2-10,20,23,30H,11-14H2,1H3,(H,25,27)/p-1. The maximum atomic E-state index is 12.9. The van der Waals surface area contributed by atoms with Crippen LogP contribution in [0.2, 0.25) is 0 Å². The van der Waals surface area contributed by atoms with Crippen LogP contribution >= 0.6 is 11.8 Å². The van der Waals surface area contributed by atoms with E-state index in [0.29, 0.717) is 17.1 Å².